The first-order valence-corrected chi connectivity index (χ1v) is 3.77. The van der Waals surface area contributed by atoms with Gasteiger partial charge in [0.05, 0.1) is 6.54 Å². The van der Waals surface area contributed by atoms with Crippen LogP contribution in [0.3, 0.4) is 0 Å². The Labute approximate surface area is 74.1 Å². The number of aromatic amines is 1. The number of nitrogens with two attached hydrogens (primary N) is 1. The third-order valence-electron chi connectivity index (χ3n) is 1.30. The Morgan fingerprint density at radius 2 is 2.58 bits per heavy atom. The molecule has 12 heavy (non-hydrogen) atoms. The van der Waals surface area contributed by atoms with E-state index in [1.807, 2.05) is 0 Å². The fourth-order valence-electron chi connectivity index (χ4n) is 0.770. The highest BCUT2D eigenvalue weighted by atomic mass is 32.1. The van der Waals surface area contributed by atoms with Crippen molar-refractivity contribution in [3.05, 3.63) is 17.2 Å². The van der Waals surface area contributed by atoms with E-state index in [4.69, 9.17) is 18.0 Å². The molecule has 1 heterocycles. The minimum Gasteiger partial charge on any atom is -0.448 e. The molecular weight excluding hydrogens is 178 g/mol. The van der Waals surface area contributed by atoms with Gasteiger partial charge in [-0.2, -0.15) is 0 Å². The Morgan fingerprint density at radius 3 is 3.08 bits per heavy atom. The second-order valence-electron chi connectivity index (χ2n) is 2.13. The quantitative estimate of drug-likeness (QED) is 0.682. The fourth-order valence-corrected chi connectivity index (χ4v) is 0.990. The molecule has 0 spiro atoms. The predicted molar refractivity (Wildman–Crippen MR) is 45.2 cm³/mol. The van der Waals surface area contributed by atoms with E-state index in [2.05, 4.69) is 9.72 Å². The molecule has 6 heteroatoms. The van der Waals surface area contributed by atoms with Crippen molar-refractivity contribution in [3.63, 3.8) is 0 Å². The Kier molecular flexibility index (Phi) is 2.87. The Bertz CT molecular complexity index is 317. The van der Waals surface area contributed by atoms with E-state index in [9.17, 15) is 4.79 Å². The molecule has 0 aliphatic rings. The highest BCUT2D eigenvalue weighted by molar-refractivity contribution is 7.71. The van der Waals surface area contributed by atoms with E-state index < -0.39 is 6.09 Å². The zero-order valence-corrected chi connectivity index (χ0v) is 7.13. The topological polar surface area (TPSA) is 73.0 Å². The predicted octanol–water partition coefficient (Wildman–Crippen LogP) is 0.641. The van der Waals surface area contributed by atoms with Gasteiger partial charge in [0, 0.05) is 12.4 Å². The maximum atomic E-state index is 10.2. The maximum Gasteiger partial charge on any atom is 0.404 e. The number of carbonyl (C=O) groups is 1. The van der Waals surface area contributed by atoms with Gasteiger partial charge in [0.1, 0.15) is 6.61 Å². The van der Waals surface area contributed by atoms with E-state index >= 15 is 0 Å². The third kappa shape index (κ3) is 2.39. The SMILES string of the molecule is NC(=O)OCCn1cc[nH]c1=S. The lowest BCUT2D eigenvalue weighted by molar-refractivity contribution is 0.152. The number of nitrogens with one attached hydrogen (secondary N) is 1. The standard InChI is InChI=1S/C6H9N3O2S/c7-5(10)11-4-3-9-2-1-8-6(9)12/h1-2H,3-4H2,(H2,7,10)(H,8,12). The summed E-state index contributed by atoms with van der Waals surface area (Å²) in [6.07, 6.45) is 2.72. The molecule has 0 bridgehead atoms. The molecule has 3 N–H and O–H groups in total. The van der Waals surface area contributed by atoms with Gasteiger partial charge in [0.15, 0.2) is 4.77 Å². The van der Waals surface area contributed by atoms with Crippen LogP contribution in [0.5, 0.6) is 0 Å². The minimum absolute atomic E-state index is 0.238. The molecule has 1 aromatic heterocycles. The van der Waals surface area contributed by atoms with Gasteiger partial charge in [-0.05, 0) is 12.2 Å². The van der Waals surface area contributed by atoms with Crippen molar-refractivity contribution in [2.24, 2.45) is 5.73 Å². The van der Waals surface area contributed by atoms with Crippen molar-refractivity contribution >= 4 is 18.3 Å². The van der Waals surface area contributed by atoms with Gasteiger partial charge >= 0.3 is 6.09 Å². The lowest BCUT2D eigenvalue weighted by Crippen LogP contribution is -2.16. The van der Waals surface area contributed by atoms with Gasteiger partial charge in [-0.15, -0.1) is 0 Å². The largest absolute Gasteiger partial charge is 0.448 e. The number of nitrogens with zero attached hydrogens (tertiary/aromatic N) is 1. The van der Waals surface area contributed by atoms with Crippen LogP contribution in [0.4, 0.5) is 4.79 Å². The zero-order chi connectivity index (χ0) is 8.97. The lowest BCUT2D eigenvalue weighted by atomic mass is 10.6. The molecule has 66 valence electrons. The number of carbonyl (C=O) groups excluding carboxylic acids is 1. The van der Waals surface area contributed by atoms with E-state index in [0.29, 0.717) is 11.3 Å². The highest BCUT2D eigenvalue weighted by Crippen LogP contribution is 1.90. The number of ether oxygens (including phenoxy) is 1. The Balaban J connectivity index is 2.39. The molecule has 0 unspecified atom stereocenters. The minimum atomic E-state index is -0.767. The summed E-state index contributed by atoms with van der Waals surface area (Å²) in [5, 5.41) is 0. The average molecular weight is 187 g/mol. The molecule has 5 nitrogen and oxygen atoms in total. The van der Waals surface area contributed by atoms with E-state index in [0.717, 1.165) is 0 Å². The molecule has 0 aliphatic heterocycles. The number of imidazole rings is 1. The zero-order valence-electron chi connectivity index (χ0n) is 6.32. The van der Waals surface area contributed by atoms with Crippen molar-refractivity contribution in [1.29, 1.82) is 0 Å². The number of hydrogen-bond donors (Lipinski definition) is 2. The molecule has 0 saturated carbocycles. The van der Waals surface area contributed by atoms with Crippen LogP contribution in [0.1, 0.15) is 0 Å². The summed E-state index contributed by atoms with van der Waals surface area (Å²) in [5.41, 5.74) is 4.77. The fraction of sp³-hybridized carbons (Fsp3) is 0.333. The number of amides is 1. The highest BCUT2D eigenvalue weighted by Gasteiger charge is 1.95. The number of primary amides is 1. The summed E-state index contributed by atoms with van der Waals surface area (Å²) in [6.45, 7) is 0.757. The lowest BCUT2D eigenvalue weighted by Gasteiger charge is -2.01. The van der Waals surface area contributed by atoms with Crippen LogP contribution >= 0.6 is 12.2 Å². The van der Waals surface area contributed by atoms with Crippen molar-refractivity contribution in [1.82, 2.24) is 9.55 Å². The monoisotopic (exact) mass is 187 g/mol. The molecule has 1 amide bonds. The summed E-state index contributed by atoms with van der Waals surface area (Å²) in [5.74, 6) is 0. The van der Waals surface area contributed by atoms with E-state index in [-0.39, 0.29) is 6.61 Å². The first-order valence-electron chi connectivity index (χ1n) is 3.36. The number of rotatable bonds is 3. The third-order valence-corrected chi connectivity index (χ3v) is 1.65. The summed E-state index contributed by atoms with van der Waals surface area (Å²) in [6, 6.07) is 0. The molecule has 0 fully saturated rings. The molecule has 1 rings (SSSR count). The molecular formula is C6H9N3O2S. The normalized spacial score (nSPS) is 9.67. The van der Waals surface area contributed by atoms with Crippen LogP contribution in [0, 0.1) is 4.77 Å². The molecule has 0 saturated heterocycles. The number of hydrogen-bond acceptors (Lipinski definition) is 3. The number of H-pyrrole nitrogens is 1. The molecule has 0 aromatic carbocycles. The van der Waals surface area contributed by atoms with E-state index in [1.165, 1.54) is 0 Å². The summed E-state index contributed by atoms with van der Waals surface area (Å²) in [4.78, 5) is 13.0. The van der Waals surface area contributed by atoms with Crippen LogP contribution in [-0.4, -0.2) is 22.3 Å². The summed E-state index contributed by atoms with van der Waals surface area (Å²) in [7, 11) is 0. The first-order chi connectivity index (χ1) is 5.70. The molecule has 0 atom stereocenters. The van der Waals surface area contributed by atoms with Gasteiger partial charge in [-0.1, -0.05) is 0 Å². The average Bonchev–Trinajstić information content (AvgIpc) is 2.36. The van der Waals surface area contributed by atoms with Crippen LogP contribution in [0.15, 0.2) is 12.4 Å². The second-order valence-corrected chi connectivity index (χ2v) is 2.51. The van der Waals surface area contributed by atoms with Gasteiger partial charge < -0.3 is 20.0 Å². The van der Waals surface area contributed by atoms with E-state index in [1.54, 1.807) is 17.0 Å². The van der Waals surface area contributed by atoms with Crippen molar-refractivity contribution in [3.8, 4) is 0 Å². The van der Waals surface area contributed by atoms with Crippen molar-refractivity contribution in [2.75, 3.05) is 6.61 Å². The summed E-state index contributed by atoms with van der Waals surface area (Å²) >= 11 is 4.90. The molecule has 0 aliphatic carbocycles. The molecule has 0 radical (unpaired) electrons. The maximum absolute atomic E-state index is 10.2. The second kappa shape index (κ2) is 3.91. The van der Waals surface area contributed by atoms with Crippen LogP contribution in [0.2, 0.25) is 0 Å². The smallest absolute Gasteiger partial charge is 0.404 e. The van der Waals surface area contributed by atoms with Crippen LogP contribution < -0.4 is 5.73 Å². The van der Waals surface area contributed by atoms with Crippen molar-refractivity contribution in [2.45, 2.75) is 6.54 Å². The van der Waals surface area contributed by atoms with Gasteiger partial charge in [-0.25, -0.2) is 4.79 Å². The molecule has 1 aromatic rings. The van der Waals surface area contributed by atoms with Crippen LogP contribution in [-0.2, 0) is 11.3 Å². The van der Waals surface area contributed by atoms with Gasteiger partial charge in [0.2, 0.25) is 0 Å². The van der Waals surface area contributed by atoms with Crippen LogP contribution in [0.25, 0.3) is 0 Å². The first kappa shape index (κ1) is 8.79. The van der Waals surface area contributed by atoms with Crippen molar-refractivity contribution < 1.29 is 9.53 Å². The van der Waals surface area contributed by atoms with Gasteiger partial charge in [-0.3, -0.25) is 0 Å². The summed E-state index contributed by atoms with van der Waals surface area (Å²) < 4.78 is 6.88. The Hall–Kier alpha value is -1.30. The number of aromatic nitrogens is 2. The van der Waals surface area contributed by atoms with Gasteiger partial charge in [0.25, 0.3) is 0 Å². The Morgan fingerprint density at radius 1 is 1.83 bits per heavy atom.